The molecule has 0 unspecified atom stereocenters. The molecule has 0 saturated heterocycles. The second-order valence-corrected chi connectivity index (χ2v) is 7.48. The van der Waals surface area contributed by atoms with E-state index in [1.807, 2.05) is 37.3 Å². The summed E-state index contributed by atoms with van der Waals surface area (Å²) in [5, 5.41) is 3.18. The van der Waals surface area contributed by atoms with Gasteiger partial charge in [0.2, 0.25) is 5.91 Å². The Labute approximate surface area is 167 Å². The van der Waals surface area contributed by atoms with Gasteiger partial charge < -0.3 is 14.8 Å². The zero-order chi connectivity index (χ0) is 20.1. The number of carbonyl (C=O) groups excluding carboxylic acids is 1. The molecule has 2 aromatic rings. The Morgan fingerprint density at radius 1 is 1.18 bits per heavy atom. The zero-order valence-corrected chi connectivity index (χ0v) is 17.1. The summed E-state index contributed by atoms with van der Waals surface area (Å²) in [7, 11) is 1.66. The highest BCUT2D eigenvalue weighted by atomic mass is 16.5. The maximum atomic E-state index is 12.0. The Morgan fingerprint density at radius 3 is 2.57 bits per heavy atom. The SMILES string of the molecule is CCC(=O)N[C@@H]1Cc2cc(OC)c(OCc3ccccc3)cc2[C@@H]1C=C(C)C. The number of ether oxygens (including phenoxy) is 2. The molecule has 0 aliphatic heterocycles. The predicted molar refractivity (Wildman–Crippen MR) is 112 cm³/mol. The van der Waals surface area contributed by atoms with Gasteiger partial charge in [-0.3, -0.25) is 4.79 Å². The number of fused-ring (bicyclic) bond motifs is 1. The van der Waals surface area contributed by atoms with Crippen LogP contribution in [0.25, 0.3) is 0 Å². The number of allylic oxidation sites excluding steroid dienone is 1. The molecule has 1 N–H and O–H groups in total. The van der Waals surface area contributed by atoms with E-state index in [9.17, 15) is 4.79 Å². The second-order valence-electron chi connectivity index (χ2n) is 7.48. The summed E-state index contributed by atoms with van der Waals surface area (Å²) in [5.41, 5.74) is 4.74. The van der Waals surface area contributed by atoms with Crippen molar-refractivity contribution in [1.29, 1.82) is 0 Å². The van der Waals surface area contributed by atoms with E-state index in [4.69, 9.17) is 9.47 Å². The van der Waals surface area contributed by atoms with Crippen molar-refractivity contribution in [2.24, 2.45) is 0 Å². The van der Waals surface area contributed by atoms with Gasteiger partial charge >= 0.3 is 0 Å². The number of nitrogens with one attached hydrogen (secondary N) is 1. The molecule has 1 aliphatic rings. The summed E-state index contributed by atoms with van der Waals surface area (Å²) in [5.74, 6) is 1.69. The van der Waals surface area contributed by atoms with Crippen molar-refractivity contribution in [3.63, 3.8) is 0 Å². The van der Waals surface area contributed by atoms with Crippen LogP contribution >= 0.6 is 0 Å². The molecule has 2 atom stereocenters. The van der Waals surface area contributed by atoms with Gasteiger partial charge in [-0.25, -0.2) is 0 Å². The topological polar surface area (TPSA) is 47.6 Å². The number of hydrogen-bond donors (Lipinski definition) is 1. The maximum absolute atomic E-state index is 12.0. The summed E-state index contributed by atoms with van der Waals surface area (Å²) < 4.78 is 11.7. The van der Waals surface area contributed by atoms with E-state index in [0.717, 1.165) is 23.5 Å². The summed E-state index contributed by atoms with van der Waals surface area (Å²) >= 11 is 0. The third-order valence-electron chi connectivity index (χ3n) is 5.08. The number of hydrogen-bond acceptors (Lipinski definition) is 3. The van der Waals surface area contributed by atoms with Crippen molar-refractivity contribution in [1.82, 2.24) is 5.32 Å². The van der Waals surface area contributed by atoms with Gasteiger partial charge in [0.05, 0.1) is 7.11 Å². The molecule has 3 rings (SSSR count). The van der Waals surface area contributed by atoms with E-state index < -0.39 is 0 Å². The molecule has 2 aromatic carbocycles. The molecule has 0 bridgehead atoms. The first-order chi connectivity index (χ1) is 13.5. The largest absolute Gasteiger partial charge is 0.493 e. The third kappa shape index (κ3) is 4.56. The number of carbonyl (C=O) groups is 1. The van der Waals surface area contributed by atoms with Crippen LogP contribution in [0.4, 0.5) is 0 Å². The van der Waals surface area contributed by atoms with Gasteiger partial charge in [0.1, 0.15) is 6.61 Å². The van der Waals surface area contributed by atoms with E-state index in [2.05, 4.69) is 37.4 Å². The van der Waals surface area contributed by atoms with E-state index in [0.29, 0.717) is 13.0 Å². The van der Waals surface area contributed by atoms with Crippen molar-refractivity contribution >= 4 is 5.91 Å². The molecule has 0 fully saturated rings. The molecule has 0 radical (unpaired) electrons. The van der Waals surface area contributed by atoms with Gasteiger partial charge in [-0.2, -0.15) is 0 Å². The van der Waals surface area contributed by atoms with Crippen molar-refractivity contribution in [3.05, 3.63) is 70.8 Å². The first-order valence-electron chi connectivity index (χ1n) is 9.83. The predicted octanol–water partition coefficient (Wildman–Crippen LogP) is 4.77. The third-order valence-corrected chi connectivity index (χ3v) is 5.08. The molecule has 0 heterocycles. The molecule has 4 heteroatoms. The number of amides is 1. The smallest absolute Gasteiger partial charge is 0.219 e. The molecule has 148 valence electrons. The van der Waals surface area contributed by atoms with Gasteiger partial charge in [0.25, 0.3) is 0 Å². The van der Waals surface area contributed by atoms with Crippen LogP contribution in [-0.4, -0.2) is 19.1 Å². The highest BCUT2D eigenvalue weighted by Gasteiger charge is 2.33. The fourth-order valence-electron chi connectivity index (χ4n) is 3.71. The van der Waals surface area contributed by atoms with Crippen LogP contribution in [0.5, 0.6) is 11.5 Å². The molecular weight excluding hydrogens is 350 g/mol. The average Bonchev–Trinajstić information content (AvgIpc) is 3.01. The molecule has 0 saturated carbocycles. The standard InChI is InChI=1S/C24H29NO3/c1-5-24(26)25-21-12-18-13-22(27-4)23(14-19(18)20(21)11-16(2)3)28-15-17-9-7-6-8-10-17/h6-11,13-14,20-21H,5,12,15H2,1-4H3,(H,25,26)/t20-,21+/m0/s1. The fourth-order valence-corrected chi connectivity index (χ4v) is 3.71. The monoisotopic (exact) mass is 379 g/mol. The lowest BCUT2D eigenvalue weighted by molar-refractivity contribution is -0.121. The van der Waals surface area contributed by atoms with Crippen molar-refractivity contribution in [2.75, 3.05) is 7.11 Å². The highest BCUT2D eigenvalue weighted by molar-refractivity contribution is 5.76. The van der Waals surface area contributed by atoms with Gasteiger partial charge in [0, 0.05) is 18.4 Å². The minimum Gasteiger partial charge on any atom is -0.493 e. The van der Waals surface area contributed by atoms with Crippen LogP contribution < -0.4 is 14.8 Å². The fraction of sp³-hybridized carbons (Fsp3) is 0.375. The lowest BCUT2D eigenvalue weighted by atomic mass is 9.95. The lowest BCUT2D eigenvalue weighted by Gasteiger charge is -2.20. The first kappa shape index (κ1) is 20.0. The second kappa shape index (κ2) is 8.96. The number of methoxy groups -OCH3 is 1. The van der Waals surface area contributed by atoms with Crippen LogP contribution in [-0.2, 0) is 17.8 Å². The first-order valence-corrected chi connectivity index (χ1v) is 9.83. The van der Waals surface area contributed by atoms with Crippen molar-refractivity contribution in [2.45, 2.75) is 52.2 Å². The maximum Gasteiger partial charge on any atom is 0.219 e. The van der Waals surface area contributed by atoms with E-state index >= 15 is 0 Å². The minimum absolute atomic E-state index is 0.0615. The number of benzene rings is 2. The molecule has 1 amide bonds. The molecule has 0 spiro atoms. The number of rotatable bonds is 7. The summed E-state index contributed by atoms with van der Waals surface area (Å²) in [4.78, 5) is 12.0. The minimum atomic E-state index is 0.0615. The highest BCUT2D eigenvalue weighted by Crippen LogP contribution is 2.42. The van der Waals surface area contributed by atoms with Gasteiger partial charge in [0.15, 0.2) is 11.5 Å². The molecule has 1 aliphatic carbocycles. The summed E-state index contributed by atoms with van der Waals surface area (Å²) in [6.07, 6.45) is 3.52. The normalized spacial score (nSPS) is 17.6. The van der Waals surface area contributed by atoms with E-state index in [1.54, 1.807) is 7.11 Å². The van der Waals surface area contributed by atoms with Gasteiger partial charge in [-0.05, 0) is 49.1 Å². The molecule has 0 aromatic heterocycles. The molecule has 4 nitrogen and oxygen atoms in total. The van der Waals surface area contributed by atoms with Crippen LogP contribution in [0.1, 0.15) is 49.8 Å². The quantitative estimate of drug-likeness (QED) is 0.705. The van der Waals surface area contributed by atoms with Crippen LogP contribution in [0.2, 0.25) is 0 Å². The Balaban J connectivity index is 1.90. The van der Waals surface area contributed by atoms with Crippen LogP contribution in [0.15, 0.2) is 54.1 Å². The lowest BCUT2D eigenvalue weighted by Crippen LogP contribution is -2.36. The zero-order valence-electron chi connectivity index (χ0n) is 17.1. The molecule has 28 heavy (non-hydrogen) atoms. The van der Waals surface area contributed by atoms with Gasteiger partial charge in [-0.1, -0.05) is 48.9 Å². The summed E-state index contributed by atoms with van der Waals surface area (Å²) in [6, 6.07) is 14.3. The Kier molecular flexibility index (Phi) is 6.40. The average molecular weight is 380 g/mol. The summed E-state index contributed by atoms with van der Waals surface area (Å²) in [6.45, 7) is 6.55. The Bertz CT molecular complexity index is 854. The van der Waals surface area contributed by atoms with E-state index in [1.165, 1.54) is 16.7 Å². The van der Waals surface area contributed by atoms with Crippen molar-refractivity contribution < 1.29 is 14.3 Å². The molecular formula is C24H29NO3. The van der Waals surface area contributed by atoms with Crippen molar-refractivity contribution in [3.8, 4) is 11.5 Å². The van der Waals surface area contributed by atoms with E-state index in [-0.39, 0.29) is 17.9 Å². The Hall–Kier alpha value is -2.75. The van der Waals surface area contributed by atoms with Crippen LogP contribution in [0.3, 0.4) is 0 Å². The Morgan fingerprint density at radius 2 is 1.93 bits per heavy atom. The van der Waals surface area contributed by atoms with Gasteiger partial charge in [-0.15, -0.1) is 0 Å². The van der Waals surface area contributed by atoms with Crippen LogP contribution in [0, 0.1) is 0 Å².